The lowest BCUT2D eigenvalue weighted by Crippen LogP contribution is -2.21. The van der Waals surface area contributed by atoms with Crippen LogP contribution in [-0.4, -0.2) is 12.8 Å². The van der Waals surface area contributed by atoms with Crippen LogP contribution in [0.4, 0.5) is 17.3 Å². The zero-order valence-electron chi connectivity index (χ0n) is 12.4. The SMILES string of the molecule is CCN1c2ccccc2N=Cc2c1oc1ccc(Cl)cc1c2=O. The maximum Gasteiger partial charge on any atom is 0.213 e. The van der Waals surface area contributed by atoms with Crippen molar-refractivity contribution < 1.29 is 4.42 Å². The van der Waals surface area contributed by atoms with E-state index in [1.807, 2.05) is 36.1 Å². The van der Waals surface area contributed by atoms with Crippen molar-refractivity contribution in [2.75, 3.05) is 11.4 Å². The lowest BCUT2D eigenvalue weighted by molar-refractivity contribution is 0.596. The zero-order chi connectivity index (χ0) is 16.0. The van der Waals surface area contributed by atoms with Crippen LogP contribution in [0.25, 0.3) is 11.0 Å². The van der Waals surface area contributed by atoms with Crippen LogP contribution in [0.2, 0.25) is 5.02 Å². The number of fused-ring (bicyclic) bond motifs is 3. The monoisotopic (exact) mass is 324 g/mol. The van der Waals surface area contributed by atoms with Gasteiger partial charge in [-0.1, -0.05) is 23.7 Å². The third kappa shape index (κ3) is 2.14. The molecule has 0 unspecified atom stereocenters. The van der Waals surface area contributed by atoms with E-state index < -0.39 is 0 Å². The van der Waals surface area contributed by atoms with Gasteiger partial charge in [0, 0.05) is 17.8 Å². The second kappa shape index (κ2) is 5.25. The van der Waals surface area contributed by atoms with E-state index in [2.05, 4.69) is 4.99 Å². The first kappa shape index (κ1) is 14.0. The van der Waals surface area contributed by atoms with Gasteiger partial charge in [-0.3, -0.25) is 9.79 Å². The minimum Gasteiger partial charge on any atom is -0.439 e. The standard InChI is InChI=1S/C18H13ClN2O2/c1-2-21-15-6-4-3-5-14(15)20-10-13-17(22)12-9-11(19)7-8-16(12)23-18(13)21/h3-10H,2H2,1H3. The second-order valence-electron chi connectivity index (χ2n) is 5.28. The number of rotatable bonds is 1. The van der Waals surface area contributed by atoms with Gasteiger partial charge >= 0.3 is 0 Å². The van der Waals surface area contributed by atoms with Gasteiger partial charge < -0.3 is 9.32 Å². The second-order valence-corrected chi connectivity index (χ2v) is 5.72. The molecule has 0 spiro atoms. The number of para-hydroxylation sites is 2. The Hall–Kier alpha value is -2.59. The van der Waals surface area contributed by atoms with E-state index in [1.54, 1.807) is 24.4 Å². The highest BCUT2D eigenvalue weighted by Gasteiger charge is 2.23. The number of benzene rings is 2. The fourth-order valence-corrected chi connectivity index (χ4v) is 3.02. The van der Waals surface area contributed by atoms with Crippen molar-refractivity contribution in [3.63, 3.8) is 0 Å². The summed E-state index contributed by atoms with van der Waals surface area (Å²) < 4.78 is 6.04. The molecule has 1 aliphatic rings. The molecular formula is C18H13ClN2O2. The van der Waals surface area contributed by atoms with E-state index in [0.717, 1.165) is 11.4 Å². The van der Waals surface area contributed by atoms with Gasteiger partial charge in [-0.2, -0.15) is 0 Å². The highest BCUT2D eigenvalue weighted by atomic mass is 35.5. The number of hydrogen-bond acceptors (Lipinski definition) is 4. The molecule has 0 atom stereocenters. The Bertz CT molecular complexity index is 1010. The maximum atomic E-state index is 12.9. The van der Waals surface area contributed by atoms with Gasteiger partial charge in [0.25, 0.3) is 0 Å². The molecule has 0 fully saturated rings. The van der Waals surface area contributed by atoms with Gasteiger partial charge in [-0.05, 0) is 37.3 Å². The van der Waals surface area contributed by atoms with Gasteiger partial charge in [-0.15, -0.1) is 0 Å². The highest BCUT2D eigenvalue weighted by Crippen LogP contribution is 2.38. The molecule has 5 heteroatoms. The molecule has 3 aromatic rings. The molecule has 0 radical (unpaired) electrons. The Morgan fingerprint density at radius 1 is 1.22 bits per heavy atom. The summed E-state index contributed by atoms with van der Waals surface area (Å²) in [6.07, 6.45) is 1.58. The van der Waals surface area contributed by atoms with E-state index >= 15 is 0 Å². The summed E-state index contributed by atoms with van der Waals surface area (Å²) in [5.74, 6) is 0.515. The summed E-state index contributed by atoms with van der Waals surface area (Å²) in [7, 11) is 0. The van der Waals surface area contributed by atoms with Crippen molar-refractivity contribution in [3.05, 3.63) is 63.3 Å². The Morgan fingerprint density at radius 3 is 2.87 bits per heavy atom. The molecule has 1 aromatic heterocycles. The Morgan fingerprint density at radius 2 is 2.04 bits per heavy atom. The molecule has 0 N–H and O–H groups in total. The van der Waals surface area contributed by atoms with Gasteiger partial charge in [0.1, 0.15) is 11.1 Å². The third-order valence-corrected chi connectivity index (χ3v) is 4.17. The maximum absolute atomic E-state index is 12.9. The minimum absolute atomic E-state index is 0.126. The predicted octanol–water partition coefficient (Wildman–Crippen LogP) is 4.67. The highest BCUT2D eigenvalue weighted by molar-refractivity contribution is 6.31. The van der Waals surface area contributed by atoms with Gasteiger partial charge in [0.2, 0.25) is 11.3 Å². The summed E-state index contributed by atoms with van der Waals surface area (Å²) in [6, 6.07) is 12.8. The first-order valence-electron chi connectivity index (χ1n) is 7.36. The number of aliphatic imine (C=N–C) groups is 1. The lowest BCUT2D eigenvalue weighted by atomic mass is 10.1. The first-order chi connectivity index (χ1) is 11.2. The van der Waals surface area contributed by atoms with E-state index in [1.165, 1.54) is 0 Å². The molecule has 0 saturated carbocycles. The van der Waals surface area contributed by atoms with E-state index in [4.69, 9.17) is 16.0 Å². The van der Waals surface area contributed by atoms with Crippen molar-refractivity contribution in [2.45, 2.75) is 6.92 Å². The largest absolute Gasteiger partial charge is 0.439 e. The first-order valence-corrected chi connectivity index (χ1v) is 7.74. The Labute approximate surface area is 137 Å². The van der Waals surface area contributed by atoms with Crippen LogP contribution in [0.3, 0.4) is 0 Å². The van der Waals surface area contributed by atoms with Crippen LogP contribution in [0, 0.1) is 0 Å². The van der Waals surface area contributed by atoms with Crippen LogP contribution in [0.5, 0.6) is 0 Å². The topological polar surface area (TPSA) is 45.8 Å². The zero-order valence-corrected chi connectivity index (χ0v) is 13.2. The molecule has 4 nitrogen and oxygen atoms in total. The van der Waals surface area contributed by atoms with Crippen LogP contribution >= 0.6 is 11.6 Å². The van der Waals surface area contributed by atoms with Crippen molar-refractivity contribution in [2.24, 2.45) is 4.99 Å². The number of halogens is 1. The smallest absolute Gasteiger partial charge is 0.213 e. The number of hydrogen-bond donors (Lipinski definition) is 0. The number of nitrogens with zero attached hydrogens (tertiary/aromatic N) is 2. The molecule has 23 heavy (non-hydrogen) atoms. The van der Waals surface area contributed by atoms with E-state index in [-0.39, 0.29) is 5.43 Å². The van der Waals surface area contributed by atoms with E-state index in [9.17, 15) is 4.79 Å². The average Bonchev–Trinajstić information content (AvgIpc) is 2.72. The molecule has 0 amide bonds. The fourth-order valence-electron chi connectivity index (χ4n) is 2.84. The molecule has 2 heterocycles. The van der Waals surface area contributed by atoms with Gasteiger partial charge in [-0.25, -0.2) is 0 Å². The summed E-state index contributed by atoms with van der Waals surface area (Å²) in [4.78, 5) is 19.3. The molecule has 114 valence electrons. The molecule has 1 aliphatic heterocycles. The summed E-state index contributed by atoms with van der Waals surface area (Å²) >= 11 is 6.01. The minimum atomic E-state index is -0.126. The van der Waals surface area contributed by atoms with Gasteiger partial charge in [0.15, 0.2) is 0 Å². The molecule has 0 bridgehead atoms. The number of anilines is 2. The molecule has 2 aromatic carbocycles. The predicted molar refractivity (Wildman–Crippen MR) is 93.9 cm³/mol. The van der Waals surface area contributed by atoms with Crippen LogP contribution in [0.15, 0.2) is 56.7 Å². The third-order valence-electron chi connectivity index (χ3n) is 3.93. The summed E-state index contributed by atoms with van der Waals surface area (Å²) in [6.45, 7) is 2.67. The van der Waals surface area contributed by atoms with Crippen molar-refractivity contribution >= 4 is 46.0 Å². The summed E-state index contributed by atoms with van der Waals surface area (Å²) in [5.41, 5.74) is 2.56. The van der Waals surface area contributed by atoms with Gasteiger partial charge in [0.05, 0.1) is 16.8 Å². The Balaban J connectivity index is 2.09. The van der Waals surface area contributed by atoms with E-state index in [0.29, 0.717) is 34.0 Å². The van der Waals surface area contributed by atoms with Crippen molar-refractivity contribution in [1.82, 2.24) is 0 Å². The van der Waals surface area contributed by atoms with Crippen LogP contribution < -0.4 is 10.3 Å². The Kier molecular flexibility index (Phi) is 3.20. The fraction of sp³-hybridized carbons (Fsp3) is 0.111. The molecule has 0 saturated heterocycles. The lowest BCUT2D eigenvalue weighted by Gasteiger charge is -2.22. The summed E-state index contributed by atoms with van der Waals surface area (Å²) in [5, 5.41) is 0.968. The average molecular weight is 325 g/mol. The molecule has 0 aliphatic carbocycles. The molecule has 4 rings (SSSR count). The van der Waals surface area contributed by atoms with Crippen LogP contribution in [-0.2, 0) is 0 Å². The normalized spacial score (nSPS) is 12.9. The molecular weight excluding hydrogens is 312 g/mol. The van der Waals surface area contributed by atoms with Crippen molar-refractivity contribution in [3.8, 4) is 0 Å². The van der Waals surface area contributed by atoms with Crippen molar-refractivity contribution in [1.29, 1.82) is 0 Å². The van der Waals surface area contributed by atoms with Crippen LogP contribution in [0.1, 0.15) is 12.5 Å². The quantitative estimate of drug-likeness (QED) is 0.653.